The molecule has 2 aromatic rings. The number of rotatable bonds is 4. The summed E-state index contributed by atoms with van der Waals surface area (Å²) >= 11 is 0. The molecule has 3 rings (SSSR count). The second-order valence-corrected chi connectivity index (χ2v) is 5.31. The fraction of sp³-hybridized carbons (Fsp3) is 0.235. The van der Waals surface area contributed by atoms with Crippen LogP contribution in [0.4, 0.5) is 8.78 Å². The van der Waals surface area contributed by atoms with Crippen LogP contribution < -0.4 is 5.32 Å². The molecule has 1 amide bonds. The Morgan fingerprint density at radius 2 is 1.90 bits per heavy atom. The molecule has 1 saturated carbocycles. The van der Waals surface area contributed by atoms with Crippen LogP contribution in [0.1, 0.15) is 23.5 Å². The van der Waals surface area contributed by atoms with Crippen LogP contribution in [-0.2, 0) is 11.3 Å². The minimum absolute atomic E-state index is 0.0455. The smallest absolute Gasteiger partial charge is 0.224 e. The molecule has 1 aliphatic carbocycles. The number of amides is 1. The van der Waals surface area contributed by atoms with Gasteiger partial charge in [0.05, 0.1) is 0 Å². The van der Waals surface area contributed by atoms with Gasteiger partial charge in [-0.1, -0.05) is 36.4 Å². The largest absolute Gasteiger partial charge is 0.352 e. The van der Waals surface area contributed by atoms with Gasteiger partial charge in [0, 0.05) is 24.1 Å². The van der Waals surface area contributed by atoms with Gasteiger partial charge >= 0.3 is 0 Å². The first-order valence-corrected chi connectivity index (χ1v) is 6.92. The van der Waals surface area contributed by atoms with Crippen molar-refractivity contribution in [3.63, 3.8) is 0 Å². The van der Waals surface area contributed by atoms with Crippen molar-refractivity contribution in [2.24, 2.45) is 5.92 Å². The molecule has 1 N–H and O–H groups in total. The molecule has 4 heteroatoms. The summed E-state index contributed by atoms with van der Waals surface area (Å²) in [6.07, 6.45) is 0.821. The third kappa shape index (κ3) is 3.10. The lowest BCUT2D eigenvalue weighted by Gasteiger charge is -2.06. The Morgan fingerprint density at radius 3 is 2.62 bits per heavy atom. The monoisotopic (exact) mass is 287 g/mol. The maximum atomic E-state index is 13.5. The Kier molecular flexibility index (Phi) is 3.69. The maximum Gasteiger partial charge on any atom is 0.224 e. The van der Waals surface area contributed by atoms with Crippen LogP contribution in [0.5, 0.6) is 0 Å². The third-order valence-corrected chi connectivity index (χ3v) is 3.82. The summed E-state index contributed by atoms with van der Waals surface area (Å²) in [5.41, 5.74) is 1.45. The van der Waals surface area contributed by atoms with Crippen LogP contribution in [0.25, 0.3) is 0 Å². The Morgan fingerprint density at radius 1 is 1.14 bits per heavy atom. The Bertz CT molecular complexity index is 657. The zero-order valence-corrected chi connectivity index (χ0v) is 11.4. The van der Waals surface area contributed by atoms with Crippen molar-refractivity contribution in [2.75, 3.05) is 0 Å². The highest BCUT2D eigenvalue weighted by Crippen LogP contribution is 2.47. The lowest BCUT2D eigenvalue weighted by atomic mass is 10.1. The van der Waals surface area contributed by atoms with E-state index < -0.39 is 11.6 Å². The molecule has 21 heavy (non-hydrogen) atoms. The summed E-state index contributed by atoms with van der Waals surface area (Å²) in [7, 11) is 0. The normalized spacial score (nSPS) is 20.1. The molecule has 0 heterocycles. The maximum absolute atomic E-state index is 13.5. The molecule has 1 fully saturated rings. The topological polar surface area (TPSA) is 29.1 Å². The number of hydrogen-bond donors (Lipinski definition) is 1. The van der Waals surface area contributed by atoms with Crippen molar-refractivity contribution in [3.05, 3.63) is 71.3 Å². The predicted molar refractivity (Wildman–Crippen MR) is 75.5 cm³/mol. The highest BCUT2D eigenvalue weighted by atomic mass is 19.1. The molecule has 0 saturated heterocycles. The standard InChI is InChI=1S/C17H15F2NO/c18-13-7-6-12(16(19)8-13)10-20-17(21)15-9-14(15)11-4-2-1-3-5-11/h1-8,14-15H,9-10H2,(H,20,21)/t14-,15+/m0/s1. The zero-order chi connectivity index (χ0) is 14.8. The van der Waals surface area contributed by atoms with Crippen molar-refractivity contribution in [2.45, 2.75) is 18.9 Å². The van der Waals surface area contributed by atoms with Gasteiger partial charge in [0.25, 0.3) is 0 Å². The highest BCUT2D eigenvalue weighted by Gasteiger charge is 2.43. The van der Waals surface area contributed by atoms with Gasteiger partial charge in [0.1, 0.15) is 11.6 Å². The van der Waals surface area contributed by atoms with Gasteiger partial charge in [-0.2, -0.15) is 0 Å². The lowest BCUT2D eigenvalue weighted by molar-refractivity contribution is -0.122. The number of hydrogen-bond acceptors (Lipinski definition) is 1. The van der Waals surface area contributed by atoms with Crippen molar-refractivity contribution in [1.29, 1.82) is 0 Å². The lowest BCUT2D eigenvalue weighted by Crippen LogP contribution is -2.25. The molecule has 2 atom stereocenters. The third-order valence-electron chi connectivity index (χ3n) is 3.82. The van der Waals surface area contributed by atoms with Crippen molar-refractivity contribution >= 4 is 5.91 Å². The van der Waals surface area contributed by atoms with Crippen LogP contribution in [-0.4, -0.2) is 5.91 Å². The molecule has 0 aromatic heterocycles. The molecule has 108 valence electrons. The first-order chi connectivity index (χ1) is 10.1. The van der Waals surface area contributed by atoms with Crippen molar-refractivity contribution in [1.82, 2.24) is 5.32 Å². The molecule has 0 unspecified atom stereocenters. The van der Waals surface area contributed by atoms with E-state index in [-0.39, 0.29) is 24.3 Å². The van der Waals surface area contributed by atoms with Gasteiger partial charge in [-0.15, -0.1) is 0 Å². The minimum Gasteiger partial charge on any atom is -0.352 e. The number of carbonyl (C=O) groups is 1. The van der Waals surface area contributed by atoms with E-state index in [4.69, 9.17) is 0 Å². The van der Waals surface area contributed by atoms with Crippen molar-refractivity contribution in [3.8, 4) is 0 Å². The van der Waals surface area contributed by atoms with Crippen LogP contribution in [0.15, 0.2) is 48.5 Å². The summed E-state index contributed by atoms with van der Waals surface area (Å²) in [4.78, 5) is 12.0. The van der Waals surface area contributed by atoms with E-state index in [2.05, 4.69) is 5.32 Å². The number of benzene rings is 2. The van der Waals surface area contributed by atoms with Gasteiger partial charge < -0.3 is 5.32 Å². The summed E-state index contributed by atoms with van der Waals surface area (Å²) in [5.74, 6) is -1.12. The quantitative estimate of drug-likeness (QED) is 0.917. The van der Waals surface area contributed by atoms with Gasteiger partial charge in [0.15, 0.2) is 0 Å². The predicted octanol–water partition coefficient (Wildman–Crippen LogP) is 3.38. The van der Waals surface area contributed by atoms with Crippen LogP contribution in [0.3, 0.4) is 0 Å². The molecule has 0 radical (unpaired) electrons. The Balaban J connectivity index is 1.56. The fourth-order valence-electron chi connectivity index (χ4n) is 2.53. The van der Waals surface area contributed by atoms with Crippen LogP contribution in [0, 0.1) is 17.6 Å². The zero-order valence-electron chi connectivity index (χ0n) is 11.4. The SMILES string of the molecule is O=C(NCc1ccc(F)cc1F)[C@@H]1C[C@H]1c1ccccc1. The summed E-state index contributed by atoms with van der Waals surface area (Å²) in [5, 5.41) is 2.72. The first-order valence-electron chi connectivity index (χ1n) is 6.92. The van der Waals surface area contributed by atoms with Gasteiger partial charge in [-0.05, 0) is 24.0 Å². The summed E-state index contributed by atoms with van der Waals surface area (Å²) in [6, 6.07) is 13.2. The Labute approximate surface area is 121 Å². The second kappa shape index (κ2) is 5.64. The van der Waals surface area contributed by atoms with E-state index in [1.54, 1.807) is 0 Å². The molecule has 1 aliphatic rings. The van der Waals surface area contributed by atoms with Crippen LogP contribution in [0.2, 0.25) is 0 Å². The van der Waals surface area contributed by atoms with E-state index in [1.807, 2.05) is 30.3 Å². The van der Waals surface area contributed by atoms with Crippen LogP contribution >= 0.6 is 0 Å². The van der Waals surface area contributed by atoms with E-state index in [0.29, 0.717) is 5.56 Å². The molecule has 2 nitrogen and oxygen atoms in total. The highest BCUT2D eigenvalue weighted by molar-refractivity contribution is 5.82. The number of nitrogens with one attached hydrogen (secondary N) is 1. The van der Waals surface area contributed by atoms with Gasteiger partial charge in [-0.3, -0.25) is 4.79 Å². The molecule has 0 aliphatic heterocycles. The van der Waals surface area contributed by atoms with E-state index in [1.165, 1.54) is 12.1 Å². The minimum atomic E-state index is -0.634. The summed E-state index contributed by atoms with van der Waals surface area (Å²) in [6.45, 7) is 0.0863. The Hall–Kier alpha value is -2.23. The second-order valence-electron chi connectivity index (χ2n) is 5.31. The molecule has 2 aromatic carbocycles. The molecule has 0 spiro atoms. The molecule has 0 bridgehead atoms. The molecular formula is C17H15F2NO. The van der Waals surface area contributed by atoms with E-state index >= 15 is 0 Å². The average molecular weight is 287 g/mol. The molecular weight excluding hydrogens is 272 g/mol. The van der Waals surface area contributed by atoms with Crippen molar-refractivity contribution < 1.29 is 13.6 Å². The average Bonchev–Trinajstić information content (AvgIpc) is 3.27. The fourth-order valence-corrected chi connectivity index (χ4v) is 2.53. The summed E-state index contributed by atoms with van der Waals surface area (Å²) < 4.78 is 26.3. The van der Waals surface area contributed by atoms with Gasteiger partial charge in [-0.25, -0.2) is 8.78 Å². The van der Waals surface area contributed by atoms with E-state index in [0.717, 1.165) is 18.1 Å². The van der Waals surface area contributed by atoms with E-state index in [9.17, 15) is 13.6 Å². The first kappa shape index (κ1) is 13.7. The number of halogens is 2. The number of carbonyl (C=O) groups excluding carboxylic acids is 1. The van der Waals surface area contributed by atoms with Gasteiger partial charge in [0.2, 0.25) is 5.91 Å².